The van der Waals surface area contributed by atoms with Crippen LogP contribution in [0.5, 0.6) is 0 Å². The van der Waals surface area contributed by atoms with Gasteiger partial charge in [-0.2, -0.15) is 0 Å². The fourth-order valence-corrected chi connectivity index (χ4v) is 5.99. The van der Waals surface area contributed by atoms with E-state index in [4.69, 9.17) is 26.6 Å². The van der Waals surface area contributed by atoms with E-state index in [1.54, 1.807) is 0 Å². The molecular weight excluding hydrogens is 536 g/mol. The van der Waals surface area contributed by atoms with Crippen LogP contribution >= 0.6 is 11.6 Å². The molecule has 4 nitrogen and oxygen atoms in total. The smallest absolute Gasteiger partial charge is 0.164 e. The summed E-state index contributed by atoms with van der Waals surface area (Å²) >= 11 is 6.57. The van der Waals surface area contributed by atoms with Gasteiger partial charge < -0.3 is 4.57 Å². The fraction of sp³-hybridized carbons (Fsp3) is 0. The molecule has 0 saturated carbocycles. The van der Waals surface area contributed by atoms with Crippen molar-refractivity contribution in [2.75, 3.05) is 0 Å². The van der Waals surface area contributed by atoms with Gasteiger partial charge in [-0.05, 0) is 41.8 Å². The van der Waals surface area contributed by atoms with Gasteiger partial charge in [0.25, 0.3) is 0 Å². The third-order valence-electron chi connectivity index (χ3n) is 7.73. The minimum Gasteiger partial charge on any atom is -0.309 e. The molecule has 0 atom stereocenters. The van der Waals surface area contributed by atoms with E-state index in [2.05, 4.69) is 77.4 Å². The molecule has 0 aliphatic carbocycles. The highest BCUT2D eigenvalue weighted by Crippen LogP contribution is 2.36. The van der Waals surface area contributed by atoms with Crippen LogP contribution in [0, 0.1) is 0 Å². The Labute approximate surface area is 247 Å². The van der Waals surface area contributed by atoms with Gasteiger partial charge >= 0.3 is 0 Å². The maximum absolute atomic E-state index is 6.57. The second kappa shape index (κ2) is 9.95. The van der Waals surface area contributed by atoms with Crippen molar-refractivity contribution < 1.29 is 0 Å². The first-order valence-electron chi connectivity index (χ1n) is 13.8. The minimum atomic E-state index is 0.607. The fourth-order valence-electron chi connectivity index (χ4n) is 5.76. The molecule has 0 fully saturated rings. The van der Waals surface area contributed by atoms with E-state index >= 15 is 0 Å². The number of hydrogen-bond donors (Lipinski definition) is 0. The van der Waals surface area contributed by atoms with Crippen molar-refractivity contribution >= 4 is 44.2 Å². The van der Waals surface area contributed by atoms with Crippen LogP contribution in [-0.4, -0.2) is 19.5 Å². The molecular formula is C37H23ClN4. The van der Waals surface area contributed by atoms with Crippen LogP contribution in [0.4, 0.5) is 0 Å². The quantitative estimate of drug-likeness (QED) is 0.216. The maximum Gasteiger partial charge on any atom is 0.164 e. The van der Waals surface area contributed by atoms with Crippen molar-refractivity contribution in [1.29, 1.82) is 0 Å². The van der Waals surface area contributed by atoms with E-state index in [0.29, 0.717) is 22.5 Å². The van der Waals surface area contributed by atoms with Gasteiger partial charge in [0, 0.05) is 43.6 Å². The molecule has 0 radical (unpaired) electrons. The zero-order chi connectivity index (χ0) is 28.0. The van der Waals surface area contributed by atoms with Crippen molar-refractivity contribution in [3.05, 3.63) is 145 Å². The molecule has 0 saturated heterocycles. The Morgan fingerprint density at radius 2 is 1.02 bits per heavy atom. The molecule has 6 aromatic carbocycles. The largest absolute Gasteiger partial charge is 0.309 e. The third kappa shape index (κ3) is 4.04. The van der Waals surface area contributed by atoms with Gasteiger partial charge in [-0.15, -0.1) is 0 Å². The van der Waals surface area contributed by atoms with Crippen molar-refractivity contribution in [1.82, 2.24) is 19.5 Å². The molecule has 2 aromatic heterocycles. The average molecular weight is 559 g/mol. The first-order valence-corrected chi connectivity index (χ1v) is 14.2. The molecule has 0 amide bonds. The van der Waals surface area contributed by atoms with Crippen LogP contribution < -0.4 is 0 Å². The summed E-state index contributed by atoms with van der Waals surface area (Å²) in [4.78, 5) is 15.0. The molecule has 8 aromatic rings. The Morgan fingerprint density at radius 3 is 1.81 bits per heavy atom. The Balaban J connectivity index is 1.40. The predicted molar refractivity (Wildman–Crippen MR) is 173 cm³/mol. The van der Waals surface area contributed by atoms with E-state index in [1.165, 1.54) is 10.8 Å². The molecule has 2 heterocycles. The predicted octanol–water partition coefficient (Wildman–Crippen LogP) is 9.78. The maximum atomic E-state index is 6.57. The van der Waals surface area contributed by atoms with Crippen molar-refractivity contribution in [2.24, 2.45) is 0 Å². The van der Waals surface area contributed by atoms with E-state index in [0.717, 1.165) is 44.2 Å². The van der Waals surface area contributed by atoms with Gasteiger partial charge in [-0.25, -0.2) is 15.0 Å². The third-order valence-corrected chi connectivity index (χ3v) is 8.06. The summed E-state index contributed by atoms with van der Waals surface area (Å²) < 4.78 is 2.31. The first-order chi connectivity index (χ1) is 20.7. The zero-order valence-electron chi connectivity index (χ0n) is 22.4. The number of nitrogens with zero attached hydrogens (tertiary/aromatic N) is 4. The molecule has 8 rings (SSSR count). The Kier molecular flexibility index (Phi) is 5.80. The van der Waals surface area contributed by atoms with Gasteiger partial charge in [-0.3, -0.25) is 0 Å². The second-order valence-electron chi connectivity index (χ2n) is 10.2. The van der Waals surface area contributed by atoms with Gasteiger partial charge in [-0.1, -0.05) is 115 Å². The van der Waals surface area contributed by atoms with E-state index in [-0.39, 0.29) is 0 Å². The summed E-state index contributed by atoms with van der Waals surface area (Å²) in [5, 5.41) is 5.05. The molecule has 42 heavy (non-hydrogen) atoms. The topological polar surface area (TPSA) is 43.6 Å². The summed E-state index contributed by atoms with van der Waals surface area (Å²) in [5.41, 5.74) is 6.12. The summed E-state index contributed by atoms with van der Waals surface area (Å²) in [6, 6.07) is 47.5. The summed E-state index contributed by atoms with van der Waals surface area (Å²) in [6.07, 6.45) is 0. The number of rotatable bonds is 4. The lowest BCUT2D eigenvalue weighted by Crippen LogP contribution is -2.01. The van der Waals surface area contributed by atoms with E-state index in [9.17, 15) is 0 Å². The zero-order valence-corrected chi connectivity index (χ0v) is 23.2. The molecule has 5 heteroatoms. The van der Waals surface area contributed by atoms with Gasteiger partial charge in [0.15, 0.2) is 17.5 Å². The minimum absolute atomic E-state index is 0.607. The highest BCUT2D eigenvalue weighted by atomic mass is 35.5. The molecule has 198 valence electrons. The highest BCUT2D eigenvalue weighted by Gasteiger charge is 2.17. The lowest BCUT2D eigenvalue weighted by molar-refractivity contribution is 1.08. The number of hydrogen-bond acceptors (Lipinski definition) is 3. The van der Waals surface area contributed by atoms with Gasteiger partial charge in [0.2, 0.25) is 0 Å². The van der Waals surface area contributed by atoms with Crippen molar-refractivity contribution in [3.63, 3.8) is 0 Å². The number of fused-ring (bicyclic) bond motifs is 4. The molecule has 0 unspecified atom stereocenters. The Hall–Kier alpha value is -5.32. The molecule has 0 aliphatic heterocycles. The number of para-hydroxylation sites is 2. The van der Waals surface area contributed by atoms with Crippen LogP contribution in [-0.2, 0) is 0 Å². The number of aromatic nitrogens is 4. The SMILES string of the molecule is Clc1ccc(-c2nc(-c3ccccc3)nc(-c3ccc4c5ccccc5n(-c5ccccc5)c4c3)n2)c2ccccc12. The van der Waals surface area contributed by atoms with Crippen LogP contribution in [0.3, 0.4) is 0 Å². The molecule has 0 aliphatic rings. The molecule has 0 bridgehead atoms. The Morgan fingerprint density at radius 1 is 0.429 bits per heavy atom. The van der Waals surface area contributed by atoms with E-state index < -0.39 is 0 Å². The monoisotopic (exact) mass is 558 g/mol. The number of halogens is 1. The van der Waals surface area contributed by atoms with Crippen LogP contribution in [0.1, 0.15) is 0 Å². The van der Waals surface area contributed by atoms with Crippen LogP contribution in [0.25, 0.3) is 72.4 Å². The standard InChI is InChI=1S/C37H23ClN4/c38-32-22-21-31(27-15-7-8-16-28(27)32)37-40-35(24-11-3-1-4-12-24)39-36(41-37)25-19-20-30-29-17-9-10-18-33(29)42(34(30)23-25)26-13-5-2-6-14-26/h1-23H. The van der Waals surface area contributed by atoms with Crippen molar-refractivity contribution in [3.8, 4) is 39.9 Å². The summed E-state index contributed by atoms with van der Waals surface area (Å²) in [6.45, 7) is 0. The first kappa shape index (κ1) is 24.5. The van der Waals surface area contributed by atoms with Gasteiger partial charge in [0.05, 0.1) is 11.0 Å². The summed E-state index contributed by atoms with van der Waals surface area (Å²) in [7, 11) is 0. The normalized spacial score (nSPS) is 11.5. The second-order valence-corrected chi connectivity index (χ2v) is 10.6. The molecule has 0 N–H and O–H groups in total. The van der Waals surface area contributed by atoms with E-state index in [1.807, 2.05) is 66.7 Å². The van der Waals surface area contributed by atoms with Crippen LogP contribution in [0.15, 0.2) is 140 Å². The lowest BCUT2D eigenvalue weighted by atomic mass is 10.0. The average Bonchev–Trinajstić information content (AvgIpc) is 3.39. The van der Waals surface area contributed by atoms with Crippen LogP contribution in [0.2, 0.25) is 5.02 Å². The Bertz CT molecular complexity index is 2260. The number of benzene rings is 6. The van der Waals surface area contributed by atoms with Crippen molar-refractivity contribution in [2.45, 2.75) is 0 Å². The summed E-state index contributed by atoms with van der Waals surface area (Å²) in [5.74, 6) is 1.85. The lowest BCUT2D eigenvalue weighted by Gasteiger charge is -2.12. The highest BCUT2D eigenvalue weighted by molar-refractivity contribution is 6.36. The molecule has 0 spiro atoms. The van der Waals surface area contributed by atoms with Gasteiger partial charge in [0.1, 0.15) is 0 Å².